The Bertz CT molecular complexity index is 300. The number of phosphoric ester groups is 1. The third-order valence-corrected chi connectivity index (χ3v) is 2.50. The van der Waals surface area contributed by atoms with Gasteiger partial charge in [0.05, 0.1) is 0 Å². The smallest absolute Gasteiger partial charge is 0.265 e. The van der Waals surface area contributed by atoms with Crippen LogP contribution in [-0.4, -0.2) is 57.4 Å². The number of hydrogen-bond donors (Lipinski definition) is 5. The Kier molecular flexibility index (Phi) is 3.96. The van der Waals surface area contributed by atoms with E-state index in [0.717, 1.165) is 0 Å². The Morgan fingerprint density at radius 1 is 1.53 bits per heavy atom. The van der Waals surface area contributed by atoms with Crippen LogP contribution in [0.1, 0.15) is 0 Å². The highest BCUT2D eigenvalue weighted by atomic mass is 31.2. The quantitative estimate of drug-likeness (QED) is 0.310. The zero-order valence-electron chi connectivity index (χ0n) is 7.61. The van der Waals surface area contributed by atoms with E-state index in [1.165, 1.54) is 0 Å². The summed E-state index contributed by atoms with van der Waals surface area (Å²) < 4.78 is 14.3. The molecule has 9 heteroatoms. The lowest BCUT2D eigenvalue weighted by Crippen LogP contribution is -2.79. The molecule has 0 spiro atoms. The molecule has 0 amide bonds. The van der Waals surface area contributed by atoms with Crippen LogP contribution in [0.2, 0.25) is 0 Å². The number of phosphoric acid groups is 1. The Hall–Kier alpha value is -0.340. The van der Waals surface area contributed by atoms with E-state index in [-0.39, 0.29) is 5.71 Å². The summed E-state index contributed by atoms with van der Waals surface area (Å²) in [5.41, 5.74) is -0.00771. The average Bonchev–Trinajstić information content (AvgIpc) is 2.40. The molecule has 1 aliphatic rings. The van der Waals surface area contributed by atoms with Crippen molar-refractivity contribution in [3.63, 3.8) is 0 Å². The average molecular weight is 241 g/mol. The molecule has 0 fully saturated rings. The van der Waals surface area contributed by atoms with E-state index >= 15 is 0 Å². The first-order valence-corrected chi connectivity index (χ1v) is 5.62. The van der Waals surface area contributed by atoms with Crippen molar-refractivity contribution in [2.75, 3.05) is 13.2 Å². The van der Waals surface area contributed by atoms with E-state index in [1.807, 2.05) is 0 Å². The maximum atomic E-state index is 10.3. The highest BCUT2D eigenvalue weighted by Crippen LogP contribution is 2.29. The first-order chi connectivity index (χ1) is 6.85. The van der Waals surface area contributed by atoms with E-state index < -0.39 is 39.3 Å². The van der Waals surface area contributed by atoms with Crippen LogP contribution >= 0.6 is 7.82 Å². The zero-order valence-corrected chi connectivity index (χ0v) is 8.50. The largest absolute Gasteiger partial charge is 0.756 e. The summed E-state index contributed by atoms with van der Waals surface area (Å²) >= 11 is 0. The minimum atomic E-state index is -4.86. The summed E-state index contributed by atoms with van der Waals surface area (Å²) in [7, 11) is -4.86. The number of aliphatic hydroxyl groups is 3. The van der Waals surface area contributed by atoms with Gasteiger partial charge in [0.15, 0.2) is 12.2 Å². The zero-order chi connectivity index (χ0) is 11.6. The van der Waals surface area contributed by atoms with Crippen LogP contribution in [0, 0.1) is 0 Å². The lowest BCUT2D eigenvalue weighted by molar-refractivity contribution is -0.508. The molecule has 0 aliphatic carbocycles. The summed E-state index contributed by atoms with van der Waals surface area (Å²) in [4.78, 5) is 21.0. The molecule has 0 radical (unpaired) electrons. The van der Waals surface area contributed by atoms with Gasteiger partial charge in [0.25, 0.3) is 7.82 Å². The van der Waals surface area contributed by atoms with Gasteiger partial charge in [-0.15, -0.1) is 0 Å². The van der Waals surface area contributed by atoms with Crippen LogP contribution in [0.25, 0.3) is 0 Å². The molecular formula is C6H12NO7P. The molecule has 4 atom stereocenters. The fraction of sp³-hybridized carbons (Fsp3) is 0.833. The highest BCUT2D eigenvalue weighted by molar-refractivity contribution is 7.44. The van der Waals surface area contributed by atoms with Gasteiger partial charge in [-0.25, -0.2) is 4.99 Å². The van der Waals surface area contributed by atoms with Gasteiger partial charge < -0.3 is 29.6 Å². The third kappa shape index (κ3) is 3.32. The molecule has 1 unspecified atom stereocenters. The van der Waals surface area contributed by atoms with Crippen LogP contribution < -0.4 is 9.89 Å². The molecule has 0 aromatic rings. The topological polar surface area (TPSA) is 144 Å². The summed E-state index contributed by atoms with van der Waals surface area (Å²) in [6.07, 6.45) is -2.58. The van der Waals surface area contributed by atoms with Gasteiger partial charge in [0.2, 0.25) is 11.8 Å². The van der Waals surface area contributed by atoms with E-state index in [9.17, 15) is 19.7 Å². The maximum Gasteiger partial charge on any atom is 0.265 e. The summed E-state index contributed by atoms with van der Waals surface area (Å²) in [5, 5.41) is 27.4. The van der Waals surface area contributed by atoms with E-state index in [1.54, 1.807) is 0 Å². The first-order valence-electron chi connectivity index (χ1n) is 4.12. The minimum Gasteiger partial charge on any atom is -0.756 e. The van der Waals surface area contributed by atoms with Crippen LogP contribution in [0.4, 0.5) is 0 Å². The SMILES string of the molecule is O=P([O-])(O)OCC1=[NH+][C@@H](CO)[C@@H](O)[C@@H]1O. The fourth-order valence-corrected chi connectivity index (χ4v) is 1.57. The van der Waals surface area contributed by atoms with Crippen LogP contribution in [-0.2, 0) is 9.09 Å². The standard InChI is InChI=1S/C6H12NO7P/c8-1-3-5(9)6(10)4(7-3)2-14-15(11,12)13/h3,5-6,8-10H,1-2H2,(H2,11,12,13)/t3-,5+,6+/m0/s1. The molecule has 0 bridgehead atoms. The molecule has 5 N–H and O–H groups in total. The molecule has 15 heavy (non-hydrogen) atoms. The minimum absolute atomic E-state index is 0.00771. The van der Waals surface area contributed by atoms with E-state index in [0.29, 0.717) is 0 Å². The molecule has 1 heterocycles. The molecule has 0 saturated carbocycles. The summed E-state index contributed by atoms with van der Waals surface area (Å²) in [6, 6.07) is -0.775. The van der Waals surface area contributed by atoms with Crippen molar-refractivity contribution in [2.24, 2.45) is 0 Å². The third-order valence-electron chi connectivity index (χ3n) is 2.04. The number of aliphatic hydroxyl groups excluding tert-OH is 3. The molecule has 8 nitrogen and oxygen atoms in total. The van der Waals surface area contributed by atoms with Crippen LogP contribution in [0.3, 0.4) is 0 Å². The van der Waals surface area contributed by atoms with Gasteiger partial charge >= 0.3 is 0 Å². The molecule has 0 aromatic heterocycles. The van der Waals surface area contributed by atoms with Gasteiger partial charge in [-0.05, 0) is 0 Å². The van der Waals surface area contributed by atoms with Crippen LogP contribution in [0.5, 0.6) is 0 Å². The van der Waals surface area contributed by atoms with Crippen molar-refractivity contribution in [3.05, 3.63) is 0 Å². The Morgan fingerprint density at radius 3 is 2.53 bits per heavy atom. The van der Waals surface area contributed by atoms with E-state index in [4.69, 9.17) is 10.00 Å². The monoisotopic (exact) mass is 241 g/mol. The lowest BCUT2D eigenvalue weighted by Gasteiger charge is -2.14. The van der Waals surface area contributed by atoms with Crippen molar-refractivity contribution < 1.29 is 39.2 Å². The number of nitrogens with one attached hydrogen (secondary N) is 1. The van der Waals surface area contributed by atoms with Gasteiger partial charge in [-0.1, -0.05) is 0 Å². The molecule has 88 valence electrons. The van der Waals surface area contributed by atoms with Crippen molar-refractivity contribution in [3.8, 4) is 0 Å². The lowest BCUT2D eigenvalue weighted by atomic mass is 10.1. The van der Waals surface area contributed by atoms with Crippen molar-refractivity contribution in [1.82, 2.24) is 0 Å². The second kappa shape index (κ2) is 4.67. The normalized spacial score (nSPS) is 35.0. The number of hydrogen-bond acceptors (Lipinski definition) is 6. The van der Waals surface area contributed by atoms with Gasteiger partial charge in [0.1, 0.15) is 13.2 Å². The second-order valence-corrected chi connectivity index (χ2v) is 4.33. The first kappa shape index (κ1) is 12.7. The van der Waals surface area contributed by atoms with Gasteiger partial charge in [-0.3, -0.25) is 4.57 Å². The number of rotatable bonds is 4. The molecular weight excluding hydrogens is 229 g/mol. The summed E-state index contributed by atoms with van der Waals surface area (Å²) in [6.45, 7) is -1.01. The Morgan fingerprint density at radius 2 is 2.13 bits per heavy atom. The van der Waals surface area contributed by atoms with Crippen LogP contribution in [0.15, 0.2) is 0 Å². The summed E-state index contributed by atoms with van der Waals surface area (Å²) in [5.74, 6) is 0. The Labute approximate surface area is 85.1 Å². The molecule has 0 saturated heterocycles. The second-order valence-electron chi connectivity index (χ2n) is 3.14. The fourth-order valence-electron chi connectivity index (χ4n) is 1.27. The van der Waals surface area contributed by atoms with Crippen molar-refractivity contribution >= 4 is 13.5 Å². The predicted molar refractivity (Wildman–Crippen MR) is 44.6 cm³/mol. The predicted octanol–water partition coefficient (Wildman–Crippen LogP) is -4.92. The molecule has 1 aliphatic heterocycles. The molecule has 1 rings (SSSR count). The van der Waals surface area contributed by atoms with E-state index in [2.05, 4.69) is 9.52 Å². The van der Waals surface area contributed by atoms with Gasteiger partial charge in [-0.2, -0.15) is 0 Å². The van der Waals surface area contributed by atoms with Crippen molar-refractivity contribution in [2.45, 2.75) is 18.2 Å². The Balaban J connectivity index is 2.59. The molecule has 0 aromatic carbocycles. The van der Waals surface area contributed by atoms with Crippen molar-refractivity contribution in [1.29, 1.82) is 0 Å². The highest BCUT2D eigenvalue weighted by Gasteiger charge is 2.42. The van der Waals surface area contributed by atoms with Gasteiger partial charge in [0, 0.05) is 0 Å². The maximum absolute atomic E-state index is 10.3.